The van der Waals surface area contributed by atoms with E-state index in [0.717, 1.165) is 89.9 Å². The summed E-state index contributed by atoms with van der Waals surface area (Å²) in [5, 5.41) is 0. The first-order chi connectivity index (χ1) is 29.5. The molecule has 1 unspecified atom stereocenters. The van der Waals surface area contributed by atoms with Crippen LogP contribution in [-0.4, -0.2) is 37.2 Å². The van der Waals surface area contributed by atoms with Gasteiger partial charge in [0.25, 0.3) is 0 Å². The Morgan fingerprint density at radius 3 is 1.25 bits per heavy atom. The number of rotatable bonds is 43. The number of hydrogen-bond acceptors (Lipinski definition) is 6. The van der Waals surface area contributed by atoms with Gasteiger partial charge < -0.3 is 14.2 Å². The molecule has 0 heterocycles. The summed E-state index contributed by atoms with van der Waals surface area (Å²) in [6.45, 7) is 6.40. The van der Waals surface area contributed by atoms with E-state index in [0.29, 0.717) is 19.3 Å². The van der Waals surface area contributed by atoms with Crippen molar-refractivity contribution in [2.45, 2.75) is 226 Å². The quantitative estimate of drug-likeness (QED) is 0.0200. The zero-order valence-corrected chi connectivity index (χ0v) is 38.9. The number of esters is 3. The fourth-order valence-corrected chi connectivity index (χ4v) is 6.49. The Hall–Kier alpha value is -3.41. The second-order valence-corrected chi connectivity index (χ2v) is 16.1. The fraction of sp³-hybridized carbons (Fsp3) is 0.685. The Morgan fingerprint density at radius 1 is 0.367 bits per heavy atom. The van der Waals surface area contributed by atoms with Gasteiger partial charge in [0.05, 0.1) is 0 Å². The molecule has 0 saturated carbocycles. The Balaban J connectivity index is 4.50. The zero-order valence-electron chi connectivity index (χ0n) is 38.9. The highest BCUT2D eigenvalue weighted by Gasteiger charge is 2.19. The first-order valence-corrected chi connectivity index (χ1v) is 24.6. The van der Waals surface area contributed by atoms with Gasteiger partial charge in [0.15, 0.2) is 6.10 Å². The maximum Gasteiger partial charge on any atom is 0.306 e. The van der Waals surface area contributed by atoms with Gasteiger partial charge in [0, 0.05) is 19.3 Å². The van der Waals surface area contributed by atoms with Crippen LogP contribution in [0.2, 0.25) is 0 Å². The van der Waals surface area contributed by atoms with Gasteiger partial charge in [-0.25, -0.2) is 0 Å². The number of ether oxygens (including phenoxy) is 3. The molecule has 0 aromatic rings. The molecule has 342 valence electrons. The molecule has 0 aromatic carbocycles. The lowest BCUT2D eigenvalue weighted by atomic mass is 10.0. The normalized spacial score (nSPS) is 12.8. The SMILES string of the molecule is CC\C=C/C=C\C=C/CCCCCCCC(=O)OC(COC(=O)CCC/C=C\C/C=C\C/C=C\C/C=C\CCCCC)COC(=O)CCCCCCCCCCCCCC. The maximum atomic E-state index is 12.7. The summed E-state index contributed by atoms with van der Waals surface area (Å²) in [7, 11) is 0. The molecule has 0 fully saturated rings. The fourth-order valence-electron chi connectivity index (χ4n) is 6.49. The third-order valence-corrected chi connectivity index (χ3v) is 10.2. The highest BCUT2D eigenvalue weighted by atomic mass is 16.6. The molecule has 0 radical (unpaired) electrons. The number of carbonyl (C=O) groups is 3. The van der Waals surface area contributed by atoms with Crippen LogP contribution in [0.15, 0.2) is 85.1 Å². The second kappa shape index (κ2) is 48.3. The third-order valence-electron chi connectivity index (χ3n) is 10.2. The summed E-state index contributed by atoms with van der Waals surface area (Å²) in [6, 6.07) is 0. The van der Waals surface area contributed by atoms with E-state index < -0.39 is 6.10 Å². The van der Waals surface area contributed by atoms with Gasteiger partial charge in [-0.15, -0.1) is 0 Å². The molecule has 0 rings (SSSR count). The standard InChI is InChI=1S/C54H90O6/c1-4-7-10-13-16-19-22-25-26-27-28-30-32-35-38-41-44-47-53(56)59-50-51(49-58-52(55)46-43-40-37-34-31-24-21-18-15-12-9-6-3)60-54(57)48-45-42-39-36-33-29-23-20-17-14-11-8-5-2/h8,11,14,16-17,19-20,23,25-26,28,30,35,38,51H,4-7,9-10,12-13,15,18,21-22,24,27,29,31-34,36-37,39-50H2,1-3H3/b11-8-,17-14-,19-16-,23-20-,26-25-,30-28-,38-35-. The van der Waals surface area contributed by atoms with Gasteiger partial charge >= 0.3 is 17.9 Å². The van der Waals surface area contributed by atoms with Crippen molar-refractivity contribution < 1.29 is 28.6 Å². The van der Waals surface area contributed by atoms with E-state index >= 15 is 0 Å². The van der Waals surface area contributed by atoms with Crippen molar-refractivity contribution in [2.24, 2.45) is 0 Å². The van der Waals surface area contributed by atoms with Crippen LogP contribution in [0.1, 0.15) is 220 Å². The molecule has 0 spiro atoms. The van der Waals surface area contributed by atoms with Gasteiger partial charge in [-0.2, -0.15) is 0 Å². The van der Waals surface area contributed by atoms with E-state index in [-0.39, 0.29) is 37.5 Å². The van der Waals surface area contributed by atoms with Crippen LogP contribution >= 0.6 is 0 Å². The van der Waals surface area contributed by atoms with Crippen molar-refractivity contribution in [3.8, 4) is 0 Å². The predicted molar refractivity (Wildman–Crippen MR) is 256 cm³/mol. The molecule has 0 N–H and O–H groups in total. The van der Waals surface area contributed by atoms with E-state index in [1.54, 1.807) is 0 Å². The molecule has 6 nitrogen and oxygen atoms in total. The summed E-state index contributed by atoms with van der Waals surface area (Å²) in [5.74, 6) is -0.984. The first kappa shape index (κ1) is 56.6. The maximum absolute atomic E-state index is 12.7. The summed E-state index contributed by atoms with van der Waals surface area (Å²) in [6.07, 6.45) is 61.4. The molecule has 0 amide bonds. The number of allylic oxidation sites excluding steroid dienone is 14. The zero-order chi connectivity index (χ0) is 43.7. The largest absolute Gasteiger partial charge is 0.462 e. The molecule has 6 heteroatoms. The Labute approximate surface area is 369 Å². The van der Waals surface area contributed by atoms with Gasteiger partial charge in [0.2, 0.25) is 0 Å². The van der Waals surface area contributed by atoms with E-state index in [1.807, 2.05) is 0 Å². The highest BCUT2D eigenvalue weighted by Crippen LogP contribution is 2.14. The van der Waals surface area contributed by atoms with E-state index in [1.165, 1.54) is 83.5 Å². The Morgan fingerprint density at radius 2 is 0.733 bits per heavy atom. The molecule has 60 heavy (non-hydrogen) atoms. The van der Waals surface area contributed by atoms with Crippen molar-refractivity contribution in [1.29, 1.82) is 0 Å². The van der Waals surface area contributed by atoms with Crippen molar-refractivity contribution in [3.63, 3.8) is 0 Å². The van der Waals surface area contributed by atoms with Crippen LogP contribution in [0.25, 0.3) is 0 Å². The van der Waals surface area contributed by atoms with Crippen molar-refractivity contribution in [1.82, 2.24) is 0 Å². The molecule has 0 aliphatic heterocycles. The van der Waals surface area contributed by atoms with Crippen LogP contribution in [0, 0.1) is 0 Å². The van der Waals surface area contributed by atoms with Crippen LogP contribution in [0.4, 0.5) is 0 Å². The highest BCUT2D eigenvalue weighted by molar-refractivity contribution is 5.71. The van der Waals surface area contributed by atoms with Gasteiger partial charge in [0.1, 0.15) is 13.2 Å². The molecule has 0 aromatic heterocycles. The Bertz CT molecular complexity index is 1190. The smallest absolute Gasteiger partial charge is 0.306 e. The van der Waals surface area contributed by atoms with Gasteiger partial charge in [-0.3, -0.25) is 14.4 Å². The molecule has 1 atom stereocenters. The topological polar surface area (TPSA) is 78.9 Å². The van der Waals surface area contributed by atoms with Crippen molar-refractivity contribution in [3.05, 3.63) is 85.1 Å². The van der Waals surface area contributed by atoms with Crippen molar-refractivity contribution >= 4 is 17.9 Å². The van der Waals surface area contributed by atoms with E-state index in [4.69, 9.17) is 14.2 Å². The average Bonchev–Trinajstić information content (AvgIpc) is 3.24. The summed E-state index contributed by atoms with van der Waals surface area (Å²) >= 11 is 0. The average molecular weight is 835 g/mol. The predicted octanol–water partition coefficient (Wildman–Crippen LogP) is 16.0. The molecule has 0 aliphatic rings. The lowest BCUT2D eigenvalue weighted by Gasteiger charge is -2.18. The van der Waals surface area contributed by atoms with Crippen LogP contribution in [-0.2, 0) is 28.6 Å². The summed E-state index contributed by atoms with van der Waals surface area (Å²) < 4.78 is 16.7. The van der Waals surface area contributed by atoms with Gasteiger partial charge in [-0.1, -0.05) is 209 Å². The van der Waals surface area contributed by atoms with Crippen LogP contribution in [0.5, 0.6) is 0 Å². The Kier molecular flexibility index (Phi) is 45.5. The van der Waals surface area contributed by atoms with Gasteiger partial charge in [-0.05, 0) is 77.0 Å². The third kappa shape index (κ3) is 45.7. The minimum absolute atomic E-state index is 0.101. The molecular formula is C54H90O6. The summed E-state index contributed by atoms with van der Waals surface area (Å²) in [4.78, 5) is 37.8. The van der Waals surface area contributed by atoms with Crippen LogP contribution < -0.4 is 0 Å². The molecule has 0 aliphatic carbocycles. The molecule has 0 saturated heterocycles. The minimum Gasteiger partial charge on any atom is -0.462 e. The second-order valence-electron chi connectivity index (χ2n) is 16.1. The lowest BCUT2D eigenvalue weighted by Crippen LogP contribution is -2.30. The number of hydrogen-bond donors (Lipinski definition) is 0. The number of unbranched alkanes of at least 4 members (excludes halogenated alkanes) is 20. The lowest BCUT2D eigenvalue weighted by molar-refractivity contribution is -0.167. The minimum atomic E-state index is -0.806. The van der Waals surface area contributed by atoms with E-state index in [9.17, 15) is 14.4 Å². The van der Waals surface area contributed by atoms with Crippen LogP contribution in [0.3, 0.4) is 0 Å². The monoisotopic (exact) mass is 835 g/mol. The summed E-state index contributed by atoms with van der Waals surface area (Å²) in [5.41, 5.74) is 0. The molecule has 0 bridgehead atoms. The van der Waals surface area contributed by atoms with E-state index in [2.05, 4.69) is 106 Å². The molecular weight excluding hydrogens is 745 g/mol. The first-order valence-electron chi connectivity index (χ1n) is 24.6. The number of carbonyl (C=O) groups excluding carboxylic acids is 3. The van der Waals surface area contributed by atoms with Crippen molar-refractivity contribution in [2.75, 3.05) is 13.2 Å².